The molecular formula is C19H25N5. The van der Waals surface area contributed by atoms with Gasteiger partial charge in [0.2, 0.25) is 0 Å². The van der Waals surface area contributed by atoms with Gasteiger partial charge in [-0.3, -0.25) is 5.41 Å². The van der Waals surface area contributed by atoms with Gasteiger partial charge in [0.15, 0.2) is 0 Å². The van der Waals surface area contributed by atoms with Gasteiger partial charge in [0.1, 0.15) is 5.82 Å². The predicted octanol–water partition coefficient (Wildman–Crippen LogP) is 3.14. The number of hydrogen-bond acceptors (Lipinski definition) is 5. The first-order chi connectivity index (χ1) is 11.4. The van der Waals surface area contributed by atoms with Crippen molar-refractivity contribution < 1.29 is 0 Å². The molecular weight excluding hydrogens is 298 g/mol. The van der Waals surface area contributed by atoms with Crippen LogP contribution in [0.15, 0.2) is 36.5 Å². The quantitative estimate of drug-likeness (QED) is 0.597. The van der Waals surface area contributed by atoms with Crippen LogP contribution in [0.1, 0.15) is 31.4 Å². The number of hydrogen-bond donors (Lipinski definition) is 3. The van der Waals surface area contributed by atoms with E-state index in [-0.39, 0.29) is 0 Å². The molecule has 0 spiro atoms. The molecule has 1 aromatic carbocycles. The van der Waals surface area contributed by atoms with Crippen LogP contribution in [-0.4, -0.2) is 23.8 Å². The van der Waals surface area contributed by atoms with Gasteiger partial charge >= 0.3 is 0 Å². The molecule has 5 nitrogen and oxygen atoms in total. The van der Waals surface area contributed by atoms with E-state index in [1.54, 1.807) is 24.4 Å². The number of benzene rings is 1. The molecule has 24 heavy (non-hydrogen) atoms. The molecule has 1 aliphatic rings. The maximum absolute atomic E-state index is 8.52. The summed E-state index contributed by atoms with van der Waals surface area (Å²) in [6.45, 7) is 6.58. The highest BCUT2D eigenvalue weighted by Gasteiger charge is 2.23. The fourth-order valence-corrected chi connectivity index (χ4v) is 3.54. The lowest BCUT2D eigenvalue weighted by Crippen LogP contribution is -2.39. The molecule has 5 N–H and O–H groups in total. The first-order valence-electron chi connectivity index (χ1n) is 8.39. The standard InChI is InChI=1S/C19H25N5/c1-12-7-13(2)11-24(10-12)18-8-14(5-6-23-18)19(22)16-9-15(20)3-4-17(16)21/h3-6,8-9,12-13,22H,7,10-11,20-21H2,1-2H3/t12-,13+. The Hall–Kier alpha value is -2.56. The summed E-state index contributed by atoms with van der Waals surface area (Å²) in [7, 11) is 0. The summed E-state index contributed by atoms with van der Waals surface area (Å²) in [5.74, 6) is 2.24. The molecule has 1 aliphatic heterocycles. The second-order valence-electron chi connectivity index (χ2n) is 6.98. The molecule has 1 aromatic heterocycles. The molecule has 5 heteroatoms. The van der Waals surface area contributed by atoms with Crippen LogP contribution in [-0.2, 0) is 0 Å². The second kappa shape index (κ2) is 6.51. The Morgan fingerprint density at radius 1 is 1.12 bits per heavy atom. The molecule has 126 valence electrons. The van der Waals surface area contributed by atoms with Crippen molar-refractivity contribution in [2.45, 2.75) is 20.3 Å². The zero-order valence-corrected chi connectivity index (χ0v) is 14.3. The third-order valence-corrected chi connectivity index (χ3v) is 4.57. The molecule has 2 atom stereocenters. The lowest BCUT2D eigenvalue weighted by Gasteiger charge is -2.36. The number of nitrogens with two attached hydrogens (primary N) is 2. The zero-order valence-electron chi connectivity index (χ0n) is 14.3. The number of pyridine rings is 1. The van der Waals surface area contributed by atoms with E-state index in [2.05, 4.69) is 23.7 Å². The van der Waals surface area contributed by atoms with Crippen LogP contribution in [0, 0.1) is 17.2 Å². The van der Waals surface area contributed by atoms with Gasteiger partial charge in [0.05, 0.1) is 5.71 Å². The molecule has 0 radical (unpaired) electrons. The van der Waals surface area contributed by atoms with Crippen molar-refractivity contribution in [3.8, 4) is 0 Å². The molecule has 0 aliphatic carbocycles. The largest absolute Gasteiger partial charge is 0.399 e. The molecule has 1 fully saturated rings. The Labute approximate surface area is 143 Å². The molecule has 0 amide bonds. The van der Waals surface area contributed by atoms with Crippen molar-refractivity contribution in [2.75, 3.05) is 29.5 Å². The normalized spacial score (nSPS) is 20.8. The van der Waals surface area contributed by atoms with Crippen LogP contribution in [0.25, 0.3) is 0 Å². The number of nitrogen functional groups attached to an aromatic ring is 2. The summed E-state index contributed by atoms with van der Waals surface area (Å²) in [5.41, 5.74) is 14.9. The van der Waals surface area contributed by atoms with Gasteiger partial charge in [-0.05, 0) is 48.6 Å². The van der Waals surface area contributed by atoms with Crippen molar-refractivity contribution in [1.82, 2.24) is 4.98 Å². The highest BCUT2D eigenvalue weighted by atomic mass is 15.2. The minimum Gasteiger partial charge on any atom is -0.399 e. The highest BCUT2D eigenvalue weighted by Crippen LogP contribution is 2.26. The monoisotopic (exact) mass is 323 g/mol. The summed E-state index contributed by atoms with van der Waals surface area (Å²) in [5, 5.41) is 8.52. The Kier molecular flexibility index (Phi) is 4.42. The smallest absolute Gasteiger partial charge is 0.129 e. The molecule has 2 aromatic rings. The van der Waals surface area contributed by atoms with E-state index in [0.29, 0.717) is 34.5 Å². The number of anilines is 3. The summed E-state index contributed by atoms with van der Waals surface area (Å²) in [6, 6.07) is 9.08. The average Bonchev–Trinajstić information content (AvgIpc) is 2.55. The van der Waals surface area contributed by atoms with Crippen molar-refractivity contribution in [1.29, 1.82) is 5.41 Å². The van der Waals surface area contributed by atoms with E-state index < -0.39 is 0 Å². The van der Waals surface area contributed by atoms with E-state index in [1.165, 1.54) is 6.42 Å². The first kappa shape index (κ1) is 16.3. The van der Waals surface area contributed by atoms with Gasteiger partial charge in [-0.25, -0.2) is 4.98 Å². The molecule has 0 unspecified atom stereocenters. The van der Waals surface area contributed by atoms with Crippen molar-refractivity contribution >= 4 is 22.9 Å². The molecule has 3 rings (SSSR count). The van der Waals surface area contributed by atoms with E-state index in [4.69, 9.17) is 16.9 Å². The average molecular weight is 323 g/mol. The molecule has 0 bridgehead atoms. The Balaban J connectivity index is 1.90. The molecule has 0 saturated carbocycles. The van der Waals surface area contributed by atoms with E-state index >= 15 is 0 Å². The minimum atomic E-state index is 0.376. The van der Waals surface area contributed by atoms with Crippen molar-refractivity contribution in [3.05, 3.63) is 47.7 Å². The van der Waals surface area contributed by atoms with E-state index in [9.17, 15) is 0 Å². The van der Waals surface area contributed by atoms with Crippen LogP contribution >= 0.6 is 0 Å². The number of rotatable bonds is 3. The van der Waals surface area contributed by atoms with Crippen LogP contribution in [0.4, 0.5) is 17.2 Å². The van der Waals surface area contributed by atoms with Crippen LogP contribution in [0.2, 0.25) is 0 Å². The topological polar surface area (TPSA) is 92.0 Å². The lowest BCUT2D eigenvalue weighted by atomic mass is 9.92. The number of nitrogens with zero attached hydrogens (tertiary/aromatic N) is 2. The van der Waals surface area contributed by atoms with Crippen LogP contribution in [0.5, 0.6) is 0 Å². The van der Waals surface area contributed by atoms with Crippen molar-refractivity contribution in [3.63, 3.8) is 0 Å². The SMILES string of the molecule is C[C@@H]1C[C@H](C)CN(c2cc(C(=N)c3cc(N)ccc3N)ccn2)C1. The van der Waals surface area contributed by atoms with Gasteiger partial charge in [-0.15, -0.1) is 0 Å². The van der Waals surface area contributed by atoms with Crippen LogP contribution in [0.3, 0.4) is 0 Å². The second-order valence-corrected chi connectivity index (χ2v) is 6.98. The third-order valence-electron chi connectivity index (χ3n) is 4.57. The first-order valence-corrected chi connectivity index (χ1v) is 8.39. The number of nitrogens with one attached hydrogen (secondary N) is 1. The van der Waals surface area contributed by atoms with E-state index in [0.717, 1.165) is 24.5 Å². The fraction of sp³-hybridized carbons (Fsp3) is 0.368. The summed E-state index contributed by atoms with van der Waals surface area (Å²) in [4.78, 5) is 6.84. The van der Waals surface area contributed by atoms with Gasteiger partial charge in [0.25, 0.3) is 0 Å². The van der Waals surface area contributed by atoms with Gasteiger partial charge < -0.3 is 16.4 Å². The van der Waals surface area contributed by atoms with Gasteiger partial charge in [0, 0.05) is 41.8 Å². The fourth-order valence-electron chi connectivity index (χ4n) is 3.54. The Bertz CT molecular complexity index is 745. The van der Waals surface area contributed by atoms with Gasteiger partial charge in [-0.1, -0.05) is 13.8 Å². The van der Waals surface area contributed by atoms with Crippen molar-refractivity contribution in [2.24, 2.45) is 11.8 Å². The molecule has 2 heterocycles. The number of piperidine rings is 1. The zero-order chi connectivity index (χ0) is 17.3. The maximum Gasteiger partial charge on any atom is 0.129 e. The highest BCUT2D eigenvalue weighted by molar-refractivity contribution is 6.14. The van der Waals surface area contributed by atoms with E-state index in [1.807, 2.05) is 12.1 Å². The number of aromatic nitrogens is 1. The third kappa shape index (κ3) is 3.35. The van der Waals surface area contributed by atoms with Gasteiger partial charge in [-0.2, -0.15) is 0 Å². The Morgan fingerprint density at radius 2 is 1.83 bits per heavy atom. The summed E-state index contributed by atoms with van der Waals surface area (Å²) in [6.07, 6.45) is 3.03. The van der Waals surface area contributed by atoms with Crippen LogP contribution < -0.4 is 16.4 Å². The minimum absolute atomic E-state index is 0.376. The maximum atomic E-state index is 8.52. The summed E-state index contributed by atoms with van der Waals surface area (Å²) < 4.78 is 0. The Morgan fingerprint density at radius 3 is 2.54 bits per heavy atom. The summed E-state index contributed by atoms with van der Waals surface area (Å²) >= 11 is 0. The molecule has 1 saturated heterocycles. The lowest BCUT2D eigenvalue weighted by molar-refractivity contribution is 0.355. The predicted molar refractivity (Wildman–Crippen MR) is 101 cm³/mol.